The molecule has 3 aromatic heterocycles. The number of anilines is 1. The predicted molar refractivity (Wildman–Crippen MR) is 91.2 cm³/mol. The van der Waals surface area contributed by atoms with Crippen molar-refractivity contribution < 1.29 is 4.74 Å². The number of rotatable bonds is 4. The third kappa shape index (κ3) is 2.61. The second-order valence-corrected chi connectivity index (χ2v) is 6.18. The van der Waals surface area contributed by atoms with Gasteiger partial charge in [0.2, 0.25) is 0 Å². The summed E-state index contributed by atoms with van der Waals surface area (Å²) in [7, 11) is 1.61. The van der Waals surface area contributed by atoms with Gasteiger partial charge >= 0.3 is 0 Å². The van der Waals surface area contributed by atoms with E-state index >= 15 is 0 Å². The highest BCUT2D eigenvalue weighted by molar-refractivity contribution is 6.30. The second kappa shape index (κ2) is 5.74. The number of aromatic nitrogens is 3. The second-order valence-electron chi connectivity index (χ2n) is 5.74. The van der Waals surface area contributed by atoms with E-state index in [1.807, 2.05) is 28.8 Å². The Hall–Kier alpha value is -2.27. The molecule has 3 aromatic rings. The lowest BCUT2D eigenvalue weighted by molar-refractivity contribution is 0.417. The summed E-state index contributed by atoms with van der Waals surface area (Å²) in [5, 5.41) is 4.07. The maximum absolute atomic E-state index is 6.18. The van der Waals surface area contributed by atoms with Gasteiger partial charge in [-0.05, 0) is 31.4 Å². The van der Waals surface area contributed by atoms with Gasteiger partial charge in [-0.3, -0.25) is 4.40 Å². The molecular weight excluding hydrogens is 312 g/mol. The molecule has 23 heavy (non-hydrogen) atoms. The molecule has 1 fully saturated rings. The molecule has 0 unspecified atom stereocenters. The molecule has 118 valence electrons. The summed E-state index contributed by atoms with van der Waals surface area (Å²) >= 11 is 6.18. The Morgan fingerprint density at radius 2 is 2.22 bits per heavy atom. The Morgan fingerprint density at radius 3 is 2.96 bits per heavy atom. The monoisotopic (exact) mass is 328 g/mol. The van der Waals surface area contributed by atoms with Crippen LogP contribution in [-0.2, 0) is 0 Å². The van der Waals surface area contributed by atoms with E-state index in [0.717, 1.165) is 22.9 Å². The van der Waals surface area contributed by atoms with Gasteiger partial charge in [0.05, 0.1) is 29.7 Å². The van der Waals surface area contributed by atoms with E-state index in [0.29, 0.717) is 16.8 Å². The minimum Gasteiger partial charge on any atom is -0.493 e. The maximum Gasteiger partial charge on any atom is 0.180 e. The minimum atomic E-state index is 0.550. The predicted octanol–water partition coefficient (Wildman–Crippen LogP) is 4.02. The van der Waals surface area contributed by atoms with Crippen LogP contribution in [0.1, 0.15) is 19.3 Å². The van der Waals surface area contributed by atoms with Crippen LogP contribution in [0.4, 0.5) is 5.82 Å². The Labute approximate surface area is 139 Å². The van der Waals surface area contributed by atoms with Crippen LogP contribution in [-0.4, -0.2) is 27.5 Å². The lowest BCUT2D eigenvalue weighted by Gasteiger charge is -2.27. The molecule has 1 saturated carbocycles. The molecule has 0 aliphatic heterocycles. The van der Waals surface area contributed by atoms with Crippen molar-refractivity contribution in [3.8, 4) is 17.1 Å². The van der Waals surface area contributed by atoms with Crippen LogP contribution in [0, 0.1) is 0 Å². The van der Waals surface area contributed by atoms with Crippen molar-refractivity contribution in [3.05, 3.63) is 41.7 Å². The van der Waals surface area contributed by atoms with Crippen LogP contribution in [0.3, 0.4) is 0 Å². The number of nitrogens with zero attached hydrogens (tertiary/aromatic N) is 3. The molecule has 0 amide bonds. The van der Waals surface area contributed by atoms with Crippen LogP contribution in [0.25, 0.3) is 17.0 Å². The number of ether oxygens (including phenoxy) is 1. The zero-order chi connectivity index (χ0) is 15.8. The third-order valence-electron chi connectivity index (χ3n) is 4.23. The summed E-state index contributed by atoms with van der Waals surface area (Å²) in [5.74, 6) is 1.55. The summed E-state index contributed by atoms with van der Waals surface area (Å²) in [6.07, 6.45) is 7.35. The molecule has 0 bridgehead atoms. The summed E-state index contributed by atoms with van der Waals surface area (Å²) in [5.41, 5.74) is 2.47. The summed E-state index contributed by atoms with van der Waals surface area (Å²) in [6, 6.07) is 8.29. The van der Waals surface area contributed by atoms with Gasteiger partial charge in [0.25, 0.3) is 0 Å². The SMILES string of the molecule is COc1cc(Cl)cn2c(-c3cccc(NC4CCC4)n3)cnc12. The average molecular weight is 329 g/mol. The van der Waals surface area contributed by atoms with Crippen molar-refractivity contribution in [1.29, 1.82) is 0 Å². The largest absolute Gasteiger partial charge is 0.493 e. The topological polar surface area (TPSA) is 51.5 Å². The summed E-state index contributed by atoms with van der Waals surface area (Å²) in [6.45, 7) is 0. The molecule has 0 aromatic carbocycles. The number of imidazole rings is 1. The molecule has 0 saturated heterocycles. The molecule has 0 spiro atoms. The molecule has 6 heteroatoms. The van der Waals surface area contributed by atoms with Crippen molar-refractivity contribution in [2.75, 3.05) is 12.4 Å². The molecular formula is C17H17ClN4O. The van der Waals surface area contributed by atoms with Crippen molar-refractivity contribution in [2.45, 2.75) is 25.3 Å². The smallest absolute Gasteiger partial charge is 0.180 e. The average Bonchev–Trinajstić information content (AvgIpc) is 2.94. The Morgan fingerprint density at radius 1 is 1.35 bits per heavy atom. The maximum atomic E-state index is 6.18. The first-order valence-corrected chi connectivity index (χ1v) is 8.07. The lowest BCUT2D eigenvalue weighted by Crippen LogP contribution is -2.27. The molecule has 0 radical (unpaired) electrons. The fraction of sp³-hybridized carbons (Fsp3) is 0.294. The van der Waals surface area contributed by atoms with E-state index in [1.54, 1.807) is 19.4 Å². The zero-order valence-electron chi connectivity index (χ0n) is 12.8. The van der Waals surface area contributed by atoms with E-state index in [4.69, 9.17) is 21.3 Å². The number of methoxy groups -OCH3 is 1. The molecule has 3 heterocycles. The van der Waals surface area contributed by atoms with E-state index in [-0.39, 0.29) is 0 Å². The van der Waals surface area contributed by atoms with Crippen molar-refractivity contribution in [1.82, 2.24) is 14.4 Å². The molecule has 1 aliphatic rings. The normalized spacial score (nSPS) is 14.7. The fourth-order valence-corrected chi connectivity index (χ4v) is 2.98. The van der Waals surface area contributed by atoms with Crippen LogP contribution in [0.5, 0.6) is 5.75 Å². The first kappa shape index (κ1) is 14.3. The van der Waals surface area contributed by atoms with Crippen molar-refractivity contribution >= 4 is 23.1 Å². The van der Waals surface area contributed by atoms with Crippen molar-refractivity contribution in [3.63, 3.8) is 0 Å². The third-order valence-corrected chi connectivity index (χ3v) is 4.43. The highest BCUT2D eigenvalue weighted by atomic mass is 35.5. The zero-order valence-corrected chi connectivity index (χ0v) is 13.5. The standard InChI is InChI=1S/C17H17ClN4O/c1-23-15-8-11(18)10-22-14(9-19-17(15)22)13-6-3-7-16(21-13)20-12-4-2-5-12/h3,6-10,12H,2,4-5H2,1H3,(H,20,21). The molecule has 4 rings (SSSR count). The number of hydrogen-bond donors (Lipinski definition) is 1. The fourth-order valence-electron chi connectivity index (χ4n) is 2.78. The lowest BCUT2D eigenvalue weighted by atomic mass is 9.93. The van der Waals surface area contributed by atoms with Gasteiger partial charge in [0.1, 0.15) is 5.82 Å². The van der Waals surface area contributed by atoms with Gasteiger partial charge in [-0.25, -0.2) is 9.97 Å². The van der Waals surface area contributed by atoms with Gasteiger partial charge < -0.3 is 10.1 Å². The van der Waals surface area contributed by atoms with Crippen LogP contribution in [0.15, 0.2) is 36.7 Å². The van der Waals surface area contributed by atoms with Crippen LogP contribution in [0.2, 0.25) is 5.02 Å². The Bertz CT molecular complexity index is 857. The van der Waals surface area contributed by atoms with Gasteiger partial charge in [0.15, 0.2) is 11.4 Å². The Balaban J connectivity index is 1.76. The van der Waals surface area contributed by atoms with Crippen LogP contribution < -0.4 is 10.1 Å². The van der Waals surface area contributed by atoms with E-state index in [1.165, 1.54) is 19.3 Å². The quantitative estimate of drug-likeness (QED) is 0.785. The summed E-state index contributed by atoms with van der Waals surface area (Å²) < 4.78 is 7.27. The Kier molecular flexibility index (Phi) is 3.58. The molecule has 5 nitrogen and oxygen atoms in total. The number of hydrogen-bond acceptors (Lipinski definition) is 4. The van der Waals surface area contributed by atoms with Crippen molar-refractivity contribution in [2.24, 2.45) is 0 Å². The number of pyridine rings is 2. The van der Waals surface area contributed by atoms with E-state index in [2.05, 4.69) is 10.3 Å². The van der Waals surface area contributed by atoms with Gasteiger partial charge in [-0.2, -0.15) is 0 Å². The number of nitrogens with one attached hydrogen (secondary N) is 1. The molecule has 1 N–H and O–H groups in total. The van der Waals surface area contributed by atoms with Gasteiger partial charge in [-0.1, -0.05) is 17.7 Å². The first-order valence-electron chi connectivity index (χ1n) is 7.69. The number of halogens is 1. The van der Waals surface area contributed by atoms with Gasteiger partial charge in [0, 0.05) is 18.3 Å². The first-order chi connectivity index (χ1) is 11.2. The number of fused-ring (bicyclic) bond motifs is 1. The van der Waals surface area contributed by atoms with E-state index < -0.39 is 0 Å². The van der Waals surface area contributed by atoms with Gasteiger partial charge in [-0.15, -0.1) is 0 Å². The minimum absolute atomic E-state index is 0.550. The highest BCUT2D eigenvalue weighted by Gasteiger charge is 2.18. The van der Waals surface area contributed by atoms with Crippen LogP contribution >= 0.6 is 11.6 Å². The highest BCUT2D eigenvalue weighted by Crippen LogP contribution is 2.29. The summed E-state index contributed by atoms with van der Waals surface area (Å²) in [4.78, 5) is 9.16. The molecule has 1 aliphatic carbocycles. The van der Waals surface area contributed by atoms with E-state index in [9.17, 15) is 0 Å². The molecule has 0 atom stereocenters.